The van der Waals surface area contributed by atoms with E-state index in [9.17, 15) is 9.59 Å². The molecule has 3 N–H and O–H groups in total. The number of anilines is 3. The van der Waals surface area contributed by atoms with E-state index >= 15 is 0 Å². The lowest BCUT2D eigenvalue weighted by molar-refractivity contribution is -0.113. The van der Waals surface area contributed by atoms with Crippen LogP contribution in [0.4, 0.5) is 17.2 Å². The Morgan fingerprint density at radius 1 is 0.861 bits per heavy atom. The first-order chi connectivity index (χ1) is 17.4. The molecule has 7 nitrogen and oxygen atoms in total. The third kappa shape index (κ3) is 4.61. The number of halogens is 1. The van der Waals surface area contributed by atoms with Gasteiger partial charge >= 0.3 is 0 Å². The molecule has 0 radical (unpaired) electrons. The summed E-state index contributed by atoms with van der Waals surface area (Å²) in [6.45, 7) is 3.81. The van der Waals surface area contributed by atoms with E-state index in [4.69, 9.17) is 11.6 Å². The van der Waals surface area contributed by atoms with E-state index < -0.39 is 6.04 Å². The summed E-state index contributed by atoms with van der Waals surface area (Å²) in [7, 11) is 0. The van der Waals surface area contributed by atoms with Crippen LogP contribution in [-0.2, 0) is 4.79 Å². The van der Waals surface area contributed by atoms with Crippen LogP contribution in [-0.4, -0.2) is 21.6 Å². The largest absolute Gasteiger partial charge is 0.343 e. The molecule has 1 aromatic heterocycles. The van der Waals surface area contributed by atoms with Gasteiger partial charge in [0.2, 0.25) is 0 Å². The van der Waals surface area contributed by atoms with Crippen LogP contribution in [0.3, 0.4) is 0 Å². The van der Waals surface area contributed by atoms with Gasteiger partial charge in [-0.1, -0.05) is 59.6 Å². The number of amides is 2. The third-order valence-electron chi connectivity index (χ3n) is 6.04. The first-order valence-electron chi connectivity index (χ1n) is 11.5. The number of rotatable bonds is 5. The predicted octanol–water partition coefficient (Wildman–Crippen LogP) is 6.02. The highest BCUT2D eigenvalue weighted by atomic mass is 35.5. The van der Waals surface area contributed by atoms with Gasteiger partial charge in [0, 0.05) is 22.1 Å². The van der Waals surface area contributed by atoms with Crippen LogP contribution in [0.25, 0.3) is 0 Å². The first kappa shape index (κ1) is 23.4. The van der Waals surface area contributed by atoms with E-state index in [-0.39, 0.29) is 11.8 Å². The average molecular weight is 498 g/mol. The normalized spacial score (nSPS) is 14.6. The van der Waals surface area contributed by atoms with E-state index in [1.54, 1.807) is 16.8 Å². The van der Waals surface area contributed by atoms with Crippen molar-refractivity contribution in [2.24, 2.45) is 0 Å². The molecule has 1 aliphatic rings. The molecule has 5 rings (SSSR count). The molecule has 0 spiro atoms. The van der Waals surface area contributed by atoms with Gasteiger partial charge in [-0.15, -0.1) is 0 Å². The lowest BCUT2D eigenvalue weighted by Gasteiger charge is -2.30. The Hall–Kier alpha value is -4.36. The summed E-state index contributed by atoms with van der Waals surface area (Å²) in [6, 6.07) is 23.5. The summed E-state index contributed by atoms with van der Waals surface area (Å²) < 4.78 is 1.67. The molecule has 2 amide bonds. The Labute approximate surface area is 213 Å². The maximum Gasteiger partial charge on any atom is 0.261 e. The van der Waals surface area contributed by atoms with Gasteiger partial charge in [0.05, 0.1) is 11.8 Å². The fourth-order valence-corrected chi connectivity index (χ4v) is 4.35. The monoisotopic (exact) mass is 497 g/mol. The standard InChI is InChI=1S/C28H24ClN5O2/c1-17-8-14-22(15-9-17)32-27(35)23-16-30-34-25(19-10-12-20(29)13-11-19)24(18(2)31-26(23)34)28(36)33-21-6-4-3-5-7-21/h3-16,25,31H,1-2H3,(H,32,35)(H,33,36). The fourth-order valence-electron chi connectivity index (χ4n) is 4.22. The fraction of sp³-hybridized carbons (Fsp3) is 0.107. The molecule has 0 aliphatic carbocycles. The number of nitrogens with zero attached hydrogens (tertiary/aromatic N) is 2. The molecule has 2 heterocycles. The molecule has 180 valence electrons. The van der Waals surface area contributed by atoms with E-state index in [1.807, 2.05) is 80.6 Å². The zero-order valence-corrected chi connectivity index (χ0v) is 20.5. The van der Waals surface area contributed by atoms with Gasteiger partial charge in [-0.3, -0.25) is 9.59 Å². The average Bonchev–Trinajstić information content (AvgIpc) is 3.29. The molecule has 1 unspecified atom stereocenters. The Morgan fingerprint density at radius 3 is 2.19 bits per heavy atom. The van der Waals surface area contributed by atoms with Crippen LogP contribution in [0.15, 0.2) is 96.3 Å². The first-order valence-corrected chi connectivity index (χ1v) is 11.8. The SMILES string of the molecule is CC1=C(C(=O)Nc2ccccc2)C(c2ccc(Cl)cc2)n2ncc(C(=O)Nc3ccc(C)cc3)c2N1. The minimum atomic E-state index is -0.567. The summed E-state index contributed by atoms with van der Waals surface area (Å²) in [4.78, 5) is 26.7. The number of carbonyl (C=O) groups excluding carboxylic acids is 2. The maximum absolute atomic E-state index is 13.5. The number of carbonyl (C=O) groups is 2. The van der Waals surface area contributed by atoms with Crippen molar-refractivity contribution in [1.29, 1.82) is 0 Å². The summed E-state index contributed by atoms with van der Waals surface area (Å²) in [6.07, 6.45) is 1.51. The van der Waals surface area contributed by atoms with Gasteiger partial charge < -0.3 is 16.0 Å². The van der Waals surface area contributed by atoms with E-state index in [2.05, 4.69) is 21.0 Å². The predicted molar refractivity (Wildman–Crippen MR) is 142 cm³/mol. The minimum absolute atomic E-state index is 0.266. The molecule has 0 saturated heterocycles. The number of aryl methyl sites for hydroxylation is 1. The molecule has 3 aromatic carbocycles. The van der Waals surface area contributed by atoms with Gasteiger partial charge in [-0.05, 0) is 55.8 Å². The van der Waals surface area contributed by atoms with Crippen LogP contribution in [0.5, 0.6) is 0 Å². The van der Waals surface area contributed by atoms with E-state index in [0.29, 0.717) is 39.0 Å². The second-order valence-corrected chi connectivity index (χ2v) is 9.05. The van der Waals surface area contributed by atoms with Crippen molar-refractivity contribution >= 4 is 40.6 Å². The molecule has 4 aromatic rings. The van der Waals surface area contributed by atoms with Crippen molar-refractivity contribution < 1.29 is 9.59 Å². The molecule has 0 bridgehead atoms. The summed E-state index contributed by atoms with van der Waals surface area (Å²) in [5.74, 6) is -0.0567. The Balaban J connectivity index is 1.53. The van der Waals surface area contributed by atoms with Gasteiger partial charge in [-0.25, -0.2) is 4.68 Å². The second kappa shape index (κ2) is 9.71. The van der Waals surface area contributed by atoms with Crippen LogP contribution < -0.4 is 16.0 Å². The van der Waals surface area contributed by atoms with Crippen molar-refractivity contribution in [3.63, 3.8) is 0 Å². The Kier molecular flexibility index (Phi) is 6.31. The molecular weight excluding hydrogens is 474 g/mol. The highest BCUT2D eigenvalue weighted by molar-refractivity contribution is 6.30. The molecule has 36 heavy (non-hydrogen) atoms. The number of allylic oxidation sites excluding steroid dienone is 1. The minimum Gasteiger partial charge on any atom is -0.343 e. The number of para-hydroxylation sites is 1. The van der Waals surface area contributed by atoms with E-state index in [0.717, 1.165) is 11.1 Å². The molecule has 0 fully saturated rings. The number of nitrogens with one attached hydrogen (secondary N) is 3. The van der Waals surface area contributed by atoms with Gasteiger partial charge in [-0.2, -0.15) is 5.10 Å². The van der Waals surface area contributed by atoms with Crippen molar-refractivity contribution in [3.8, 4) is 0 Å². The van der Waals surface area contributed by atoms with Crippen LogP contribution in [0.1, 0.15) is 34.5 Å². The van der Waals surface area contributed by atoms with Crippen LogP contribution in [0, 0.1) is 6.92 Å². The Morgan fingerprint density at radius 2 is 1.50 bits per heavy atom. The second-order valence-electron chi connectivity index (χ2n) is 8.61. The lowest BCUT2D eigenvalue weighted by atomic mass is 9.94. The van der Waals surface area contributed by atoms with Crippen molar-refractivity contribution in [1.82, 2.24) is 9.78 Å². The quantitative estimate of drug-likeness (QED) is 0.314. The van der Waals surface area contributed by atoms with Crippen LogP contribution in [0.2, 0.25) is 5.02 Å². The highest BCUT2D eigenvalue weighted by Crippen LogP contribution is 2.38. The van der Waals surface area contributed by atoms with Gasteiger partial charge in [0.25, 0.3) is 11.8 Å². The van der Waals surface area contributed by atoms with Crippen LogP contribution >= 0.6 is 11.6 Å². The summed E-state index contributed by atoms with van der Waals surface area (Å²) in [5.41, 5.74) is 4.77. The third-order valence-corrected chi connectivity index (χ3v) is 6.29. The molecule has 0 saturated carbocycles. The number of hydrogen-bond acceptors (Lipinski definition) is 4. The number of aromatic nitrogens is 2. The van der Waals surface area contributed by atoms with Crippen molar-refractivity contribution in [3.05, 3.63) is 118 Å². The number of fused-ring (bicyclic) bond motifs is 1. The zero-order chi connectivity index (χ0) is 25.2. The maximum atomic E-state index is 13.5. The highest BCUT2D eigenvalue weighted by Gasteiger charge is 2.35. The topological polar surface area (TPSA) is 88.0 Å². The van der Waals surface area contributed by atoms with Gasteiger partial charge in [0.1, 0.15) is 17.4 Å². The summed E-state index contributed by atoms with van der Waals surface area (Å²) >= 11 is 6.14. The zero-order valence-electron chi connectivity index (χ0n) is 19.7. The number of hydrogen-bond donors (Lipinski definition) is 3. The molecule has 1 atom stereocenters. The molecular formula is C28H24ClN5O2. The van der Waals surface area contributed by atoms with Gasteiger partial charge in [0.15, 0.2) is 0 Å². The Bertz CT molecular complexity index is 1460. The van der Waals surface area contributed by atoms with E-state index in [1.165, 1.54) is 6.20 Å². The summed E-state index contributed by atoms with van der Waals surface area (Å²) in [5, 5.41) is 14.3. The lowest BCUT2D eigenvalue weighted by Crippen LogP contribution is -2.32. The molecule has 8 heteroatoms. The number of benzene rings is 3. The van der Waals surface area contributed by atoms with Crippen molar-refractivity contribution in [2.75, 3.05) is 16.0 Å². The molecule has 1 aliphatic heterocycles. The van der Waals surface area contributed by atoms with Crippen molar-refractivity contribution in [2.45, 2.75) is 19.9 Å². The smallest absolute Gasteiger partial charge is 0.261 e.